The molecule has 108 valence electrons. The molecule has 0 amide bonds. The molecule has 0 radical (unpaired) electrons. The number of hydrogen-bond acceptors (Lipinski definition) is 5. The van der Waals surface area contributed by atoms with E-state index in [1.165, 1.54) is 0 Å². The topological polar surface area (TPSA) is 65.4 Å². The number of pyridine rings is 1. The van der Waals surface area contributed by atoms with Crippen molar-refractivity contribution in [3.05, 3.63) is 23.0 Å². The van der Waals surface area contributed by atoms with Crippen LogP contribution in [0.15, 0.2) is 6.20 Å². The molecule has 0 fully saturated rings. The summed E-state index contributed by atoms with van der Waals surface area (Å²) in [5, 5.41) is 22.7. The van der Waals surface area contributed by atoms with Crippen LogP contribution in [-0.2, 0) is 13.2 Å². The zero-order valence-corrected chi connectivity index (χ0v) is 12.8. The van der Waals surface area contributed by atoms with Crippen LogP contribution in [0.5, 0.6) is 5.75 Å². The lowest BCUT2D eigenvalue weighted by Gasteiger charge is -2.16. The largest absolute Gasteiger partial charge is 0.506 e. The van der Waals surface area contributed by atoms with E-state index in [9.17, 15) is 10.2 Å². The highest BCUT2D eigenvalue weighted by atomic mass is 32.2. The lowest BCUT2D eigenvalue weighted by atomic mass is 10.1. The van der Waals surface area contributed by atoms with Crippen LogP contribution in [0.3, 0.4) is 0 Å². The Kier molecular flexibility index (Phi) is 7.20. The van der Waals surface area contributed by atoms with Gasteiger partial charge in [0, 0.05) is 29.9 Å². The van der Waals surface area contributed by atoms with Crippen molar-refractivity contribution in [1.82, 2.24) is 10.3 Å². The molecule has 4 nitrogen and oxygen atoms in total. The van der Waals surface area contributed by atoms with Crippen LogP contribution < -0.4 is 5.32 Å². The molecule has 1 heterocycles. The summed E-state index contributed by atoms with van der Waals surface area (Å²) in [5.74, 6) is 2.47. The molecule has 0 spiro atoms. The standard InChI is InChI=1S/C14H24N2O2S/c1-4-19-6-5-10(2)15-8-13-12(9-17)7-16-11(3)14(13)18/h7,10,15,17-18H,4-6,8-9H2,1-3H3. The molecule has 0 bridgehead atoms. The number of aromatic nitrogens is 1. The van der Waals surface area contributed by atoms with E-state index in [-0.39, 0.29) is 12.4 Å². The average molecular weight is 284 g/mol. The van der Waals surface area contributed by atoms with Gasteiger partial charge < -0.3 is 15.5 Å². The number of thioether (sulfide) groups is 1. The number of hydrogen-bond donors (Lipinski definition) is 3. The highest BCUT2D eigenvalue weighted by Gasteiger charge is 2.12. The summed E-state index contributed by atoms with van der Waals surface area (Å²) >= 11 is 1.93. The quantitative estimate of drug-likeness (QED) is 0.639. The van der Waals surface area contributed by atoms with Gasteiger partial charge in [0.25, 0.3) is 0 Å². The molecule has 0 aliphatic rings. The molecule has 0 saturated carbocycles. The average Bonchev–Trinajstić information content (AvgIpc) is 2.40. The van der Waals surface area contributed by atoms with E-state index in [1.807, 2.05) is 11.8 Å². The monoisotopic (exact) mass is 284 g/mol. The lowest BCUT2D eigenvalue weighted by Crippen LogP contribution is -2.26. The first-order valence-electron chi connectivity index (χ1n) is 6.68. The number of nitrogens with zero attached hydrogens (tertiary/aromatic N) is 1. The molecular formula is C14H24N2O2S. The van der Waals surface area contributed by atoms with Crippen LogP contribution in [0, 0.1) is 6.92 Å². The van der Waals surface area contributed by atoms with Crippen molar-refractivity contribution in [2.45, 2.75) is 46.4 Å². The van der Waals surface area contributed by atoms with Gasteiger partial charge in [0.1, 0.15) is 5.75 Å². The Morgan fingerprint density at radius 2 is 2.21 bits per heavy atom. The molecule has 1 rings (SSSR count). The number of nitrogens with one attached hydrogen (secondary N) is 1. The minimum Gasteiger partial charge on any atom is -0.506 e. The number of aryl methyl sites for hydroxylation is 1. The summed E-state index contributed by atoms with van der Waals surface area (Å²) < 4.78 is 0. The molecule has 0 saturated heterocycles. The first kappa shape index (κ1) is 16.3. The van der Waals surface area contributed by atoms with Gasteiger partial charge in [-0.15, -0.1) is 0 Å². The van der Waals surface area contributed by atoms with Crippen molar-refractivity contribution in [1.29, 1.82) is 0 Å². The third-order valence-electron chi connectivity index (χ3n) is 3.13. The highest BCUT2D eigenvalue weighted by Crippen LogP contribution is 2.23. The molecular weight excluding hydrogens is 260 g/mol. The fraction of sp³-hybridized carbons (Fsp3) is 0.643. The Morgan fingerprint density at radius 3 is 2.84 bits per heavy atom. The Bertz CT molecular complexity index is 399. The molecule has 0 aliphatic heterocycles. The normalized spacial score (nSPS) is 12.6. The first-order valence-corrected chi connectivity index (χ1v) is 7.83. The minimum absolute atomic E-state index is 0.0993. The molecule has 1 aromatic heterocycles. The molecule has 1 aromatic rings. The second-order valence-electron chi connectivity index (χ2n) is 4.62. The highest BCUT2D eigenvalue weighted by molar-refractivity contribution is 7.99. The molecule has 0 aromatic carbocycles. The summed E-state index contributed by atoms with van der Waals surface area (Å²) in [7, 11) is 0. The van der Waals surface area contributed by atoms with E-state index in [0.717, 1.165) is 23.5 Å². The Labute approximate surface area is 119 Å². The van der Waals surface area contributed by atoms with Gasteiger partial charge in [-0.05, 0) is 31.8 Å². The molecule has 1 atom stereocenters. The van der Waals surface area contributed by atoms with Gasteiger partial charge in [0.05, 0.1) is 12.3 Å². The van der Waals surface area contributed by atoms with E-state index in [0.29, 0.717) is 23.8 Å². The molecule has 5 heteroatoms. The van der Waals surface area contributed by atoms with E-state index < -0.39 is 0 Å². The predicted octanol–water partition coefficient (Wildman–Crippen LogP) is 2.21. The molecule has 19 heavy (non-hydrogen) atoms. The number of aromatic hydroxyl groups is 1. The molecule has 0 aliphatic carbocycles. The van der Waals surface area contributed by atoms with Gasteiger partial charge in [-0.2, -0.15) is 11.8 Å². The smallest absolute Gasteiger partial charge is 0.141 e. The zero-order valence-electron chi connectivity index (χ0n) is 11.9. The summed E-state index contributed by atoms with van der Waals surface area (Å²) in [6, 6.07) is 0.387. The van der Waals surface area contributed by atoms with E-state index in [1.54, 1.807) is 13.1 Å². The minimum atomic E-state index is -0.0993. The van der Waals surface area contributed by atoms with Gasteiger partial charge in [-0.25, -0.2) is 0 Å². The van der Waals surface area contributed by atoms with E-state index in [4.69, 9.17) is 0 Å². The van der Waals surface area contributed by atoms with Crippen molar-refractivity contribution in [2.75, 3.05) is 11.5 Å². The number of rotatable bonds is 8. The lowest BCUT2D eigenvalue weighted by molar-refractivity contribution is 0.278. The summed E-state index contributed by atoms with van der Waals surface area (Å²) in [4.78, 5) is 4.06. The number of aliphatic hydroxyl groups excluding tert-OH is 1. The maximum atomic E-state index is 10.0. The van der Waals surface area contributed by atoms with E-state index in [2.05, 4.69) is 24.1 Å². The van der Waals surface area contributed by atoms with Crippen LogP contribution >= 0.6 is 11.8 Å². The maximum Gasteiger partial charge on any atom is 0.141 e. The predicted molar refractivity (Wildman–Crippen MR) is 80.5 cm³/mol. The van der Waals surface area contributed by atoms with Gasteiger partial charge in [0.2, 0.25) is 0 Å². The Morgan fingerprint density at radius 1 is 1.47 bits per heavy atom. The maximum absolute atomic E-state index is 10.0. The molecule has 3 N–H and O–H groups in total. The SMILES string of the molecule is CCSCCC(C)NCc1c(CO)cnc(C)c1O. The van der Waals surface area contributed by atoms with Gasteiger partial charge in [0.15, 0.2) is 0 Å². The summed E-state index contributed by atoms with van der Waals surface area (Å²) in [6.45, 7) is 6.52. The van der Waals surface area contributed by atoms with Crippen molar-refractivity contribution in [2.24, 2.45) is 0 Å². The van der Waals surface area contributed by atoms with Gasteiger partial charge >= 0.3 is 0 Å². The van der Waals surface area contributed by atoms with Crippen molar-refractivity contribution >= 4 is 11.8 Å². The van der Waals surface area contributed by atoms with E-state index >= 15 is 0 Å². The fourth-order valence-corrected chi connectivity index (χ4v) is 2.61. The second kappa shape index (κ2) is 8.40. The van der Waals surface area contributed by atoms with Crippen LogP contribution in [0.2, 0.25) is 0 Å². The van der Waals surface area contributed by atoms with Crippen molar-refractivity contribution in [3.8, 4) is 5.75 Å². The van der Waals surface area contributed by atoms with Gasteiger partial charge in [-0.1, -0.05) is 6.92 Å². The van der Waals surface area contributed by atoms with Crippen molar-refractivity contribution in [3.63, 3.8) is 0 Å². The molecule has 1 unspecified atom stereocenters. The Balaban J connectivity index is 2.59. The summed E-state index contributed by atoms with van der Waals surface area (Å²) in [6.07, 6.45) is 2.72. The van der Waals surface area contributed by atoms with Crippen LogP contribution in [0.4, 0.5) is 0 Å². The van der Waals surface area contributed by atoms with Crippen LogP contribution in [0.1, 0.15) is 37.1 Å². The Hall–Kier alpha value is -0.780. The fourth-order valence-electron chi connectivity index (χ4n) is 1.80. The summed E-state index contributed by atoms with van der Waals surface area (Å²) in [5.41, 5.74) is 2.04. The first-order chi connectivity index (χ1) is 9.10. The van der Waals surface area contributed by atoms with Crippen molar-refractivity contribution < 1.29 is 10.2 Å². The van der Waals surface area contributed by atoms with Crippen LogP contribution in [-0.4, -0.2) is 32.7 Å². The third kappa shape index (κ3) is 5.01. The second-order valence-corrected chi connectivity index (χ2v) is 6.02. The zero-order chi connectivity index (χ0) is 14.3. The van der Waals surface area contributed by atoms with Crippen LogP contribution in [0.25, 0.3) is 0 Å². The van der Waals surface area contributed by atoms with Gasteiger partial charge in [-0.3, -0.25) is 4.98 Å². The third-order valence-corrected chi connectivity index (χ3v) is 4.06. The number of aliphatic hydroxyl groups is 1.